The fourth-order valence-corrected chi connectivity index (χ4v) is 2.10. The summed E-state index contributed by atoms with van der Waals surface area (Å²) in [4.78, 5) is 23.3. The summed E-state index contributed by atoms with van der Waals surface area (Å²) < 4.78 is 23.5. The second-order valence-electron chi connectivity index (χ2n) is 4.18. The lowest BCUT2D eigenvalue weighted by Gasteiger charge is -2.31. The van der Waals surface area contributed by atoms with Crippen LogP contribution in [0.15, 0.2) is 12.1 Å². The summed E-state index contributed by atoms with van der Waals surface area (Å²) in [7, 11) is 1.17. The molecule has 0 saturated heterocycles. The molecule has 1 aliphatic rings. The minimum absolute atomic E-state index is 0.0756. The van der Waals surface area contributed by atoms with Gasteiger partial charge in [0, 0.05) is 12.0 Å². The topological polar surface area (TPSA) is 52.6 Å². The zero-order valence-corrected chi connectivity index (χ0v) is 10.5. The molecule has 4 nitrogen and oxygen atoms in total. The van der Waals surface area contributed by atoms with Crippen LogP contribution in [0.1, 0.15) is 22.8 Å². The number of methoxy groups -OCH3 is 1. The summed E-state index contributed by atoms with van der Waals surface area (Å²) >= 11 is 5.66. The zero-order chi connectivity index (χ0) is 13.5. The van der Waals surface area contributed by atoms with E-state index in [1.165, 1.54) is 26.2 Å². The van der Waals surface area contributed by atoms with E-state index in [1.807, 2.05) is 0 Å². The Hall–Kier alpha value is -1.62. The molecule has 0 saturated carbocycles. The normalized spacial score (nSPS) is 22.1. The number of hydrogen-bond donors (Lipinski definition) is 0. The molecule has 0 N–H and O–H groups in total. The van der Waals surface area contributed by atoms with Gasteiger partial charge in [0.25, 0.3) is 0 Å². The molecule has 0 radical (unpaired) electrons. The highest BCUT2D eigenvalue weighted by Crippen LogP contribution is 2.33. The molecule has 1 aromatic rings. The van der Waals surface area contributed by atoms with Crippen molar-refractivity contribution in [1.82, 2.24) is 0 Å². The summed E-state index contributed by atoms with van der Waals surface area (Å²) in [6.07, 6.45) is -0.104. The molecule has 0 amide bonds. The quantitative estimate of drug-likeness (QED) is 0.735. The third kappa shape index (κ3) is 1.84. The Bertz CT molecular complexity index is 543. The highest BCUT2D eigenvalue weighted by Gasteiger charge is 2.45. The van der Waals surface area contributed by atoms with E-state index in [-0.39, 0.29) is 22.6 Å². The largest absolute Gasteiger partial charge is 0.466 e. The zero-order valence-electron chi connectivity index (χ0n) is 9.75. The molecular weight excluding hydrogens is 263 g/mol. The van der Waals surface area contributed by atoms with Crippen LogP contribution in [0.5, 0.6) is 0 Å². The van der Waals surface area contributed by atoms with E-state index in [4.69, 9.17) is 16.3 Å². The summed E-state index contributed by atoms with van der Waals surface area (Å²) in [5.74, 6) is -2.21. The first-order valence-electron chi connectivity index (χ1n) is 5.17. The van der Waals surface area contributed by atoms with E-state index in [0.717, 1.165) is 0 Å². The Balaban J connectivity index is 2.54. The average Bonchev–Trinajstić information content (AvgIpc) is 2.33. The smallest absolute Gasteiger partial charge is 0.350 e. The molecular formula is C12H10ClFO4. The van der Waals surface area contributed by atoms with Gasteiger partial charge in [-0.25, -0.2) is 14.0 Å². The molecule has 1 aromatic carbocycles. The number of hydrogen-bond acceptors (Lipinski definition) is 4. The number of fused-ring (bicyclic) bond motifs is 1. The second kappa shape index (κ2) is 4.24. The second-order valence-corrected chi connectivity index (χ2v) is 4.58. The van der Waals surface area contributed by atoms with E-state index < -0.39 is 23.4 Å². The number of rotatable bonds is 1. The van der Waals surface area contributed by atoms with Crippen molar-refractivity contribution in [2.45, 2.75) is 18.9 Å². The molecule has 1 heterocycles. The molecule has 0 bridgehead atoms. The molecule has 6 heteroatoms. The van der Waals surface area contributed by atoms with Crippen molar-refractivity contribution in [3.8, 4) is 0 Å². The van der Waals surface area contributed by atoms with E-state index in [1.54, 1.807) is 0 Å². The van der Waals surface area contributed by atoms with Crippen LogP contribution in [-0.2, 0) is 20.7 Å². The Morgan fingerprint density at radius 3 is 2.83 bits per heavy atom. The van der Waals surface area contributed by atoms with E-state index in [0.29, 0.717) is 0 Å². The minimum Gasteiger partial charge on any atom is -0.466 e. The predicted octanol–water partition coefficient (Wildman–Crippen LogP) is 2.12. The van der Waals surface area contributed by atoms with Crippen molar-refractivity contribution >= 4 is 23.5 Å². The third-order valence-electron chi connectivity index (χ3n) is 2.87. The van der Waals surface area contributed by atoms with Crippen LogP contribution in [0.25, 0.3) is 0 Å². The third-order valence-corrected chi connectivity index (χ3v) is 3.16. The van der Waals surface area contributed by atoms with Crippen molar-refractivity contribution in [3.05, 3.63) is 34.1 Å². The lowest BCUT2D eigenvalue weighted by atomic mass is 9.89. The number of esters is 2. The lowest BCUT2D eigenvalue weighted by Crippen LogP contribution is -2.46. The monoisotopic (exact) mass is 272 g/mol. The van der Waals surface area contributed by atoms with Gasteiger partial charge in [-0.05, 0) is 19.1 Å². The number of halogens is 2. The first kappa shape index (κ1) is 12.8. The van der Waals surface area contributed by atoms with Gasteiger partial charge in [0.1, 0.15) is 5.82 Å². The van der Waals surface area contributed by atoms with E-state index in [9.17, 15) is 14.0 Å². The Morgan fingerprint density at radius 1 is 1.56 bits per heavy atom. The number of carbonyl (C=O) groups excluding carboxylic acids is 2. The van der Waals surface area contributed by atoms with Crippen molar-refractivity contribution in [2.24, 2.45) is 0 Å². The maximum atomic E-state index is 13.9. The molecule has 1 aliphatic heterocycles. The summed E-state index contributed by atoms with van der Waals surface area (Å²) in [5, 5.41) is -0.101. The maximum Gasteiger partial charge on any atom is 0.350 e. The molecule has 2 rings (SSSR count). The van der Waals surface area contributed by atoms with Gasteiger partial charge in [0.05, 0.1) is 17.7 Å². The minimum atomic E-state index is -1.52. The average molecular weight is 273 g/mol. The molecule has 0 aliphatic carbocycles. The Morgan fingerprint density at radius 2 is 2.22 bits per heavy atom. The summed E-state index contributed by atoms with van der Waals surface area (Å²) in [5.41, 5.74) is -1.37. The van der Waals surface area contributed by atoms with Gasteiger partial charge in [-0.2, -0.15) is 0 Å². The van der Waals surface area contributed by atoms with Gasteiger partial charge in [-0.1, -0.05) is 11.6 Å². The van der Waals surface area contributed by atoms with Crippen LogP contribution < -0.4 is 0 Å². The SMILES string of the molecule is COC(=O)C1(C)Cc2c(ccc(Cl)c2F)C(=O)O1. The van der Waals surface area contributed by atoms with Crippen molar-refractivity contribution in [1.29, 1.82) is 0 Å². The molecule has 18 heavy (non-hydrogen) atoms. The molecule has 1 unspecified atom stereocenters. The van der Waals surface area contributed by atoms with E-state index >= 15 is 0 Å². The van der Waals surface area contributed by atoms with Crippen LogP contribution in [-0.4, -0.2) is 24.6 Å². The van der Waals surface area contributed by atoms with Crippen molar-refractivity contribution < 1.29 is 23.5 Å². The lowest BCUT2D eigenvalue weighted by molar-refractivity contribution is -0.161. The standard InChI is InChI=1S/C12H10ClFO4/c1-12(11(16)17-2)5-7-6(10(15)18-12)3-4-8(13)9(7)14/h3-4H,5H2,1-2H3. The molecule has 96 valence electrons. The van der Waals surface area contributed by atoms with Gasteiger partial charge in [-0.3, -0.25) is 0 Å². The predicted molar refractivity (Wildman–Crippen MR) is 61.0 cm³/mol. The number of ether oxygens (including phenoxy) is 2. The van der Waals surface area contributed by atoms with Crippen LogP contribution in [0.3, 0.4) is 0 Å². The first-order chi connectivity index (χ1) is 8.39. The Labute approximate surface area is 108 Å². The summed E-state index contributed by atoms with van der Waals surface area (Å²) in [6, 6.07) is 2.65. The van der Waals surface area contributed by atoms with Crippen LogP contribution in [0.2, 0.25) is 5.02 Å². The number of cyclic esters (lactones) is 1. The molecule has 0 spiro atoms. The van der Waals surface area contributed by atoms with E-state index in [2.05, 4.69) is 4.74 Å². The molecule has 0 aromatic heterocycles. The summed E-state index contributed by atoms with van der Waals surface area (Å²) in [6.45, 7) is 1.38. The van der Waals surface area contributed by atoms with Crippen LogP contribution in [0.4, 0.5) is 4.39 Å². The molecule has 0 fully saturated rings. The van der Waals surface area contributed by atoms with Gasteiger partial charge in [0.2, 0.25) is 5.60 Å². The van der Waals surface area contributed by atoms with Gasteiger partial charge < -0.3 is 9.47 Å². The fourth-order valence-electron chi connectivity index (χ4n) is 1.92. The highest BCUT2D eigenvalue weighted by molar-refractivity contribution is 6.31. The molecule has 1 atom stereocenters. The highest BCUT2D eigenvalue weighted by atomic mass is 35.5. The fraction of sp³-hybridized carbons (Fsp3) is 0.333. The van der Waals surface area contributed by atoms with Gasteiger partial charge in [-0.15, -0.1) is 0 Å². The van der Waals surface area contributed by atoms with Crippen LogP contribution >= 0.6 is 11.6 Å². The number of benzene rings is 1. The first-order valence-corrected chi connectivity index (χ1v) is 5.55. The van der Waals surface area contributed by atoms with Crippen molar-refractivity contribution in [3.63, 3.8) is 0 Å². The van der Waals surface area contributed by atoms with Gasteiger partial charge in [0.15, 0.2) is 0 Å². The van der Waals surface area contributed by atoms with Gasteiger partial charge >= 0.3 is 11.9 Å². The van der Waals surface area contributed by atoms with Crippen molar-refractivity contribution in [2.75, 3.05) is 7.11 Å². The van der Waals surface area contributed by atoms with Crippen LogP contribution in [0, 0.1) is 5.82 Å². The Kier molecular flexibility index (Phi) is 3.02. The number of carbonyl (C=O) groups is 2. The maximum absolute atomic E-state index is 13.9.